The predicted molar refractivity (Wildman–Crippen MR) is 165 cm³/mol. The topological polar surface area (TPSA) is 62.0 Å². The normalized spacial score (nSPS) is 18.0. The lowest BCUT2D eigenvalue weighted by atomic mass is 9.88. The van der Waals surface area contributed by atoms with Crippen molar-refractivity contribution in [2.45, 2.75) is 38.8 Å². The molecule has 2 aliphatic rings. The number of carbonyl (C=O) groups excluding carboxylic acids is 1. The Hall–Kier alpha value is -2.49. The molecule has 0 bridgehead atoms. The predicted octanol–water partition coefficient (Wildman–Crippen LogP) is 5.53. The first-order valence-electron chi connectivity index (χ1n) is 14.6. The number of thiophene rings is 1. The van der Waals surface area contributed by atoms with Crippen LogP contribution >= 0.6 is 22.9 Å². The Kier molecular flexibility index (Phi) is 10.3. The third-order valence-corrected chi connectivity index (χ3v) is 9.56. The van der Waals surface area contributed by atoms with Crippen molar-refractivity contribution in [3.63, 3.8) is 0 Å². The molecule has 0 saturated carbocycles. The number of nitrogens with two attached hydrogens (primary N) is 1. The largest absolute Gasteiger partial charge is 0.493 e. The number of piperazine rings is 1. The number of hydrogen-bond donors (Lipinski definition) is 1. The maximum Gasteiger partial charge on any atom is 0.239 e. The summed E-state index contributed by atoms with van der Waals surface area (Å²) in [5.41, 5.74) is 9.67. The fourth-order valence-corrected chi connectivity index (χ4v) is 6.98. The monoisotopic (exact) mass is 598 g/mol. The zero-order valence-electron chi connectivity index (χ0n) is 23.7. The van der Waals surface area contributed by atoms with Gasteiger partial charge in [0.05, 0.1) is 12.6 Å². The molecule has 1 atom stereocenters. The van der Waals surface area contributed by atoms with E-state index in [1.807, 2.05) is 24.0 Å². The molecule has 0 aliphatic carbocycles. The minimum absolute atomic E-state index is 0.0449. The maximum atomic E-state index is 14.5. The Labute approximate surface area is 251 Å². The molecule has 2 N–H and O–H groups in total. The Balaban J connectivity index is 1.08. The van der Waals surface area contributed by atoms with Gasteiger partial charge in [0.15, 0.2) is 0 Å². The van der Waals surface area contributed by atoms with E-state index in [1.54, 1.807) is 17.4 Å². The molecule has 2 aromatic carbocycles. The number of nitrogens with zero attached hydrogens (tertiary/aromatic N) is 3. The van der Waals surface area contributed by atoms with Crippen LogP contribution in [0.25, 0.3) is 10.4 Å². The Morgan fingerprint density at radius 1 is 1.07 bits per heavy atom. The number of rotatable bonds is 10. The van der Waals surface area contributed by atoms with Crippen LogP contribution in [0.2, 0.25) is 5.02 Å². The lowest BCUT2D eigenvalue weighted by Gasteiger charge is -2.39. The highest BCUT2D eigenvalue weighted by Gasteiger charge is 2.33. The van der Waals surface area contributed by atoms with Crippen molar-refractivity contribution in [2.24, 2.45) is 11.7 Å². The van der Waals surface area contributed by atoms with Crippen molar-refractivity contribution >= 4 is 28.8 Å². The molecule has 1 aromatic heterocycles. The number of amides is 1. The van der Waals surface area contributed by atoms with Gasteiger partial charge in [0.2, 0.25) is 5.91 Å². The Morgan fingerprint density at radius 2 is 1.85 bits per heavy atom. The zero-order chi connectivity index (χ0) is 28.8. The number of likely N-dealkylation sites (tertiary alicyclic amines) is 1. The van der Waals surface area contributed by atoms with Gasteiger partial charge in [-0.15, -0.1) is 11.3 Å². The summed E-state index contributed by atoms with van der Waals surface area (Å²) in [6.45, 7) is 8.30. The molecule has 1 amide bonds. The number of hydrogen-bond acceptors (Lipinski definition) is 6. The Morgan fingerprint density at radius 3 is 2.56 bits per heavy atom. The van der Waals surface area contributed by atoms with Crippen LogP contribution in [-0.2, 0) is 17.8 Å². The molecule has 3 heterocycles. The molecule has 220 valence electrons. The van der Waals surface area contributed by atoms with E-state index in [-0.39, 0.29) is 17.6 Å². The van der Waals surface area contributed by atoms with E-state index in [0.717, 1.165) is 43.9 Å². The van der Waals surface area contributed by atoms with Gasteiger partial charge < -0.3 is 20.3 Å². The molecule has 0 spiro atoms. The molecule has 9 heteroatoms. The SMILES string of the molecule is CCOc1cccc(F)c1CN1CCN(C(=O)[C@H](N)C2CCN(CCc3cc(Cl)ccc3-c3cccs3)CC2)CC1. The molecule has 2 saturated heterocycles. The first kappa shape index (κ1) is 30.0. The number of carbonyl (C=O) groups is 1. The molecule has 6 nitrogen and oxygen atoms in total. The van der Waals surface area contributed by atoms with Crippen molar-refractivity contribution in [1.82, 2.24) is 14.7 Å². The molecular weight excluding hydrogens is 559 g/mol. The molecule has 2 fully saturated rings. The average molecular weight is 599 g/mol. The van der Waals surface area contributed by atoms with Crippen LogP contribution in [0, 0.1) is 11.7 Å². The second-order valence-corrected chi connectivity index (χ2v) is 12.4. The molecular formula is C32H40ClFN4O2S. The first-order chi connectivity index (χ1) is 19.9. The van der Waals surface area contributed by atoms with Crippen molar-refractivity contribution < 1.29 is 13.9 Å². The fourth-order valence-electron chi connectivity index (χ4n) is 6.00. The highest BCUT2D eigenvalue weighted by molar-refractivity contribution is 7.13. The summed E-state index contributed by atoms with van der Waals surface area (Å²) < 4.78 is 20.1. The zero-order valence-corrected chi connectivity index (χ0v) is 25.3. The Bertz CT molecular complexity index is 1290. The molecule has 41 heavy (non-hydrogen) atoms. The highest BCUT2D eigenvalue weighted by Crippen LogP contribution is 2.31. The van der Waals surface area contributed by atoms with Gasteiger partial charge in [-0.25, -0.2) is 4.39 Å². The summed E-state index contributed by atoms with van der Waals surface area (Å²) in [6, 6.07) is 14.9. The first-order valence-corrected chi connectivity index (χ1v) is 15.9. The van der Waals surface area contributed by atoms with Crippen molar-refractivity contribution in [3.8, 4) is 16.2 Å². The van der Waals surface area contributed by atoms with E-state index < -0.39 is 6.04 Å². The lowest BCUT2D eigenvalue weighted by Crippen LogP contribution is -2.55. The fraction of sp³-hybridized carbons (Fsp3) is 0.469. The van der Waals surface area contributed by atoms with Crippen LogP contribution in [0.3, 0.4) is 0 Å². The average Bonchev–Trinajstić information content (AvgIpc) is 3.53. The van der Waals surface area contributed by atoms with Crippen LogP contribution in [-0.4, -0.2) is 79.1 Å². The van der Waals surface area contributed by atoms with Crippen LogP contribution < -0.4 is 10.5 Å². The molecule has 3 aromatic rings. The number of halogens is 2. The van der Waals surface area contributed by atoms with Gasteiger partial charge >= 0.3 is 0 Å². The van der Waals surface area contributed by atoms with Gasteiger partial charge in [0.25, 0.3) is 0 Å². The van der Waals surface area contributed by atoms with Crippen LogP contribution in [0.15, 0.2) is 53.9 Å². The quantitative estimate of drug-likeness (QED) is 0.332. The highest BCUT2D eigenvalue weighted by atomic mass is 35.5. The smallest absolute Gasteiger partial charge is 0.239 e. The van der Waals surface area contributed by atoms with Crippen molar-refractivity contribution in [1.29, 1.82) is 0 Å². The van der Waals surface area contributed by atoms with E-state index in [1.165, 1.54) is 22.1 Å². The number of benzene rings is 2. The lowest BCUT2D eigenvalue weighted by molar-refractivity contribution is -0.136. The van der Waals surface area contributed by atoms with Crippen LogP contribution in [0.4, 0.5) is 4.39 Å². The summed E-state index contributed by atoms with van der Waals surface area (Å²) in [6.07, 6.45) is 2.79. The second-order valence-electron chi connectivity index (χ2n) is 11.0. The van der Waals surface area contributed by atoms with Gasteiger partial charge in [0, 0.05) is 54.7 Å². The van der Waals surface area contributed by atoms with E-state index in [0.29, 0.717) is 50.6 Å². The summed E-state index contributed by atoms with van der Waals surface area (Å²) in [4.78, 5) is 21.1. The van der Waals surface area contributed by atoms with Crippen molar-refractivity contribution in [3.05, 3.63) is 75.9 Å². The number of ether oxygens (including phenoxy) is 1. The summed E-state index contributed by atoms with van der Waals surface area (Å²) in [5.74, 6) is 0.577. The van der Waals surface area contributed by atoms with Gasteiger partial charge in [-0.1, -0.05) is 29.8 Å². The third kappa shape index (κ3) is 7.48. The summed E-state index contributed by atoms with van der Waals surface area (Å²) >= 11 is 8.08. The van der Waals surface area contributed by atoms with E-state index >= 15 is 0 Å². The van der Waals surface area contributed by atoms with Crippen LogP contribution in [0.5, 0.6) is 5.75 Å². The summed E-state index contributed by atoms with van der Waals surface area (Å²) in [5, 5.41) is 2.87. The molecule has 2 aliphatic heterocycles. The standard InChI is InChI=1S/C32H40ClFN4O2S/c1-2-40-29-6-3-5-28(34)27(29)22-37-16-18-38(19-17-37)32(39)31(35)23-10-13-36(14-11-23)15-12-24-21-25(33)8-9-26(24)30-7-4-20-41-30/h3-9,20-21,23,31H,2,10-19,22,35H2,1H3/t31-/m1/s1. The van der Waals surface area contributed by atoms with Gasteiger partial charge in [0.1, 0.15) is 11.6 Å². The maximum absolute atomic E-state index is 14.5. The minimum atomic E-state index is -0.474. The van der Waals surface area contributed by atoms with E-state index in [2.05, 4.69) is 39.4 Å². The minimum Gasteiger partial charge on any atom is -0.493 e. The number of piperidine rings is 1. The molecule has 0 unspecified atom stereocenters. The summed E-state index contributed by atoms with van der Waals surface area (Å²) in [7, 11) is 0. The van der Waals surface area contributed by atoms with E-state index in [9.17, 15) is 9.18 Å². The molecule has 0 radical (unpaired) electrons. The van der Waals surface area contributed by atoms with Crippen LogP contribution in [0.1, 0.15) is 30.9 Å². The van der Waals surface area contributed by atoms with Gasteiger partial charge in [-0.05, 0) is 92.0 Å². The van der Waals surface area contributed by atoms with Gasteiger partial charge in [-0.3, -0.25) is 9.69 Å². The molecule has 5 rings (SSSR count). The van der Waals surface area contributed by atoms with Crippen molar-refractivity contribution in [2.75, 3.05) is 52.4 Å². The third-order valence-electron chi connectivity index (χ3n) is 8.42. The van der Waals surface area contributed by atoms with Gasteiger partial charge in [-0.2, -0.15) is 0 Å². The van der Waals surface area contributed by atoms with E-state index in [4.69, 9.17) is 22.1 Å². The second kappa shape index (κ2) is 14.1.